The van der Waals surface area contributed by atoms with Crippen molar-refractivity contribution < 1.29 is 14.7 Å². The average Bonchev–Trinajstić information content (AvgIpc) is 3.07. The van der Waals surface area contributed by atoms with Gasteiger partial charge in [0.25, 0.3) is 5.91 Å². The second kappa shape index (κ2) is 9.32. The first-order chi connectivity index (χ1) is 15.3. The number of piperidine rings is 1. The van der Waals surface area contributed by atoms with Gasteiger partial charge in [-0.1, -0.05) is 35.3 Å². The Morgan fingerprint density at radius 3 is 2.53 bits per heavy atom. The number of aryl methyl sites for hydroxylation is 1. The molecule has 0 unspecified atom stereocenters. The molecule has 1 atom stereocenters. The summed E-state index contributed by atoms with van der Waals surface area (Å²) in [5, 5.41) is 10.0. The highest BCUT2D eigenvalue weighted by Crippen LogP contribution is 2.42. The summed E-state index contributed by atoms with van der Waals surface area (Å²) >= 11 is 13.3. The maximum Gasteiger partial charge on any atom is 0.303 e. The molecular weight excluding hydrogens is 447 g/mol. The number of benzene rings is 2. The fraction of sp³-hybridized carbons (Fsp3) is 0.440. The van der Waals surface area contributed by atoms with Crippen molar-refractivity contribution in [2.45, 2.75) is 38.5 Å². The Balaban J connectivity index is 1.54. The number of hydrogen-bond donors (Lipinski definition) is 1. The van der Waals surface area contributed by atoms with E-state index < -0.39 is 5.97 Å². The zero-order valence-corrected chi connectivity index (χ0v) is 19.9. The van der Waals surface area contributed by atoms with Gasteiger partial charge in [-0.3, -0.25) is 9.59 Å². The molecule has 2 aliphatic rings. The fourth-order valence-electron chi connectivity index (χ4n) is 5.17. The maximum absolute atomic E-state index is 13.2. The van der Waals surface area contributed by atoms with Gasteiger partial charge in [0.1, 0.15) is 0 Å². The fourth-order valence-corrected chi connectivity index (χ4v) is 5.78. The summed E-state index contributed by atoms with van der Waals surface area (Å²) in [5.41, 5.74) is 5.09. The summed E-state index contributed by atoms with van der Waals surface area (Å²) in [6.07, 6.45) is 2.22. The van der Waals surface area contributed by atoms with Crippen LogP contribution < -0.4 is 4.90 Å². The molecule has 170 valence electrons. The van der Waals surface area contributed by atoms with E-state index in [0.29, 0.717) is 48.0 Å². The number of likely N-dealkylation sites (tertiary alicyclic amines) is 1. The van der Waals surface area contributed by atoms with Gasteiger partial charge < -0.3 is 14.9 Å². The van der Waals surface area contributed by atoms with Crippen molar-refractivity contribution in [1.82, 2.24) is 4.90 Å². The Morgan fingerprint density at radius 2 is 1.84 bits per heavy atom. The van der Waals surface area contributed by atoms with Crippen molar-refractivity contribution in [3.8, 4) is 0 Å². The molecule has 0 aliphatic carbocycles. The zero-order chi connectivity index (χ0) is 23.0. The number of anilines is 1. The molecule has 2 aliphatic heterocycles. The second-order valence-corrected chi connectivity index (χ2v) is 9.80. The molecule has 2 aromatic rings. The number of rotatable bonds is 5. The minimum Gasteiger partial charge on any atom is -0.481 e. The van der Waals surface area contributed by atoms with Gasteiger partial charge in [0.15, 0.2) is 0 Å². The molecule has 5 nitrogen and oxygen atoms in total. The summed E-state index contributed by atoms with van der Waals surface area (Å²) in [5.74, 6) is -0.518. The lowest BCUT2D eigenvalue weighted by atomic mass is 9.90. The van der Waals surface area contributed by atoms with Crippen molar-refractivity contribution in [3.05, 3.63) is 62.6 Å². The lowest BCUT2D eigenvalue weighted by Crippen LogP contribution is -2.39. The number of carboxylic acid groups (broad SMARTS) is 1. The molecule has 2 aromatic carbocycles. The molecule has 0 aromatic heterocycles. The molecule has 1 N–H and O–H groups in total. The molecule has 4 rings (SSSR count). The van der Waals surface area contributed by atoms with E-state index in [4.69, 9.17) is 28.3 Å². The van der Waals surface area contributed by atoms with Crippen molar-refractivity contribution in [2.24, 2.45) is 5.92 Å². The van der Waals surface area contributed by atoms with E-state index in [0.717, 1.165) is 12.1 Å². The third-order valence-corrected chi connectivity index (χ3v) is 7.63. The van der Waals surface area contributed by atoms with Gasteiger partial charge in [-0.25, -0.2) is 0 Å². The van der Waals surface area contributed by atoms with Gasteiger partial charge in [0, 0.05) is 49.7 Å². The molecule has 32 heavy (non-hydrogen) atoms. The van der Waals surface area contributed by atoms with Gasteiger partial charge in [-0.15, -0.1) is 0 Å². The number of aliphatic carboxylic acids is 1. The highest BCUT2D eigenvalue weighted by Gasteiger charge is 2.31. The maximum atomic E-state index is 13.2. The number of carbonyl (C=O) groups excluding carboxylic acids is 1. The van der Waals surface area contributed by atoms with Gasteiger partial charge in [-0.05, 0) is 67.0 Å². The van der Waals surface area contributed by atoms with Crippen molar-refractivity contribution in [1.29, 1.82) is 0 Å². The first kappa shape index (κ1) is 22.9. The van der Waals surface area contributed by atoms with Gasteiger partial charge in [-0.2, -0.15) is 0 Å². The molecular formula is C25H28Cl2N2O3. The molecule has 0 spiro atoms. The van der Waals surface area contributed by atoms with E-state index in [-0.39, 0.29) is 24.2 Å². The molecule has 2 heterocycles. The van der Waals surface area contributed by atoms with Crippen LogP contribution in [-0.2, 0) is 11.2 Å². The van der Waals surface area contributed by atoms with Gasteiger partial charge in [0.2, 0.25) is 0 Å². The third kappa shape index (κ3) is 4.46. The largest absolute Gasteiger partial charge is 0.481 e. The summed E-state index contributed by atoms with van der Waals surface area (Å²) in [6, 6.07) is 9.82. The molecule has 0 saturated carbocycles. The average molecular weight is 475 g/mol. The number of halogens is 2. The normalized spacial score (nSPS) is 18.7. The van der Waals surface area contributed by atoms with E-state index in [1.54, 1.807) is 17.0 Å². The number of hydrogen-bond acceptors (Lipinski definition) is 3. The highest BCUT2D eigenvalue weighted by molar-refractivity contribution is 6.38. The van der Waals surface area contributed by atoms with Gasteiger partial charge in [0.05, 0.1) is 10.6 Å². The smallest absolute Gasteiger partial charge is 0.303 e. The number of nitrogens with zero attached hydrogens (tertiary/aromatic N) is 2. The van der Waals surface area contributed by atoms with Crippen LogP contribution in [0.1, 0.15) is 52.2 Å². The Hall–Kier alpha value is -2.24. The minimum absolute atomic E-state index is 0.109. The molecule has 1 amide bonds. The highest BCUT2D eigenvalue weighted by atomic mass is 35.5. The van der Waals surface area contributed by atoms with Crippen LogP contribution >= 0.6 is 23.2 Å². The Bertz CT molecular complexity index is 1050. The predicted molar refractivity (Wildman–Crippen MR) is 128 cm³/mol. The first-order valence-electron chi connectivity index (χ1n) is 11.0. The Morgan fingerprint density at radius 1 is 1.12 bits per heavy atom. The summed E-state index contributed by atoms with van der Waals surface area (Å²) in [7, 11) is 2.09. The van der Waals surface area contributed by atoms with Crippen LogP contribution in [0.4, 0.5) is 5.69 Å². The molecule has 0 radical (unpaired) electrons. The van der Waals surface area contributed by atoms with E-state index >= 15 is 0 Å². The van der Waals surface area contributed by atoms with E-state index in [1.807, 2.05) is 0 Å². The topological polar surface area (TPSA) is 60.9 Å². The van der Waals surface area contributed by atoms with Crippen LogP contribution in [0.25, 0.3) is 0 Å². The van der Waals surface area contributed by atoms with Crippen LogP contribution in [0.15, 0.2) is 30.3 Å². The third-order valence-electron chi connectivity index (χ3n) is 6.85. The van der Waals surface area contributed by atoms with E-state index in [9.17, 15) is 9.59 Å². The monoisotopic (exact) mass is 474 g/mol. The van der Waals surface area contributed by atoms with Crippen LogP contribution in [0, 0.1) is 12.8 Å². The van der Waals surface area contributed by atoms with Crippen molar-refractivity contribution in [2.75, 3.05) is 31.6 Å². The summed E-state index contributed by atoms with van der Waals surface area (Å²) < 4.78 is 0. The Labute approximate surface area is 198 Å². The molecule has 1 saturated heterocycles. The number of carboxylic acids is 1. The summed E-state index contributed by atoms with van der Waals surface area (Å²) in [6.45, 7) is 4.10. The minimum atomic E-state index is -0.783. The van der Waals surface area contributed by atoms with E-state index in [1.165, 1.54) is 16.8 Å². The predicted octanol–water partition coefficient (Wildman–Crippen LogP) is 5.40. The van der Waals surface area contributed by atoms with E-state index in [2.05, 4.69) is 37.1 Å². The van der Waals surface area contributed by atoms with Crippen LogP contribution in [-0.4, -0.2) is 48.6 Å². The van der Waals surface area contributed by atoms with Crippen LogP contribution in [0.3, 0.4) is 0 Å². The first-order valence-corrected chi connectivity index (χ1v) is 11.8. The lowest BCUT2D eigenvalue weighted by Gasteiger charge is -2.32. The molecule has 0 bridgehead atoms. The SMILES string of the molecule is Cc1cccc2c1[C@H](Cc1c(Cl)ccc(C(=O)N3CCC(CC(=O)O)CC3)c1Cl)CN2C. The quantitative estimate of drug-likeness (QED) is 0.629. The Kier molecular flexibility index (Phi) is 6.68. The number of likely N-dealkylation sites (N-methyl/N-ethyl adjacent to an activating group) is 1. The lowest BCUT2D eigenvalue weighted by molar-refractivity contribution is -0.138. The number of carbonyl (C=O) groups is 2. The number of fused-ring (bicyclic) bond motifs is 1. The van der Waals surface area contributed by atoms with Crippen molar-refractivity contribution >= 4 is 40.8 Å². The molecule has 1 fully saturated rings. The summed E-state index contributed by atoms with van der Waals surface area (Å²) in [4.78, 5) is 28.2. The van der Waals surface area contributed by atoms with Gasteiger partial charge >= 0.3 is 5.97 Å². The second-order valence-electron chi connectivity index (χ2n) is 9.01. The standard InChI is InChI=1S/C25H28Cl2N2O3/c1-15-4-3-5-21-23(15)17(14-28(21)2)13-19-20(26)7-6-18(24(19)27)25(32)29-10-8-16(9-11-29)12-22(30)31/h3-7,16-17H,8-14H2,1-2H3,(H,30,31)/t17-/m1/s1. The van der Waals surface area contributed by atoms with Crippen molar-refractivity contribution in [3.63, 3.8) is 0 Å². The molecule has 7 heteroatoms. The van der Waals surface area contributed by atoms with Crippen LogP contribution in [0.2, 0.25) is 10.0 Å². The zero-order valence-electron chi connectivity index (χ0n) is 18.4. The number of amides is 1. The van der Waals surface area contributed by atoms with Crippen LogP contribution in [0.5, 0.6) is 0 Å².